The van der Waals surface area contributed by atoms with E-state index in [9.17, 15) is 0 Å². The van der Waals surface area contributed by atoms with Crippen LogP contribution in [-0.4, -0.2) is 12.7 Å². The Morgan fingerprint density at radius 2 is 1.80 bits per heavy atom. The summed E-state index contributed by atoms with van der Waals surface area (Å²) in [5.41, 5.74) is 0. The zero-order valence-corrected chi connectivity index (χ0v) is 7.68. The third-order valence-electron chi connectivity index (χ3n) is 1.16. The highest BCUT2D eigenvalue weighted by atomic mass is 16.5. The topological polar surface area (TPSA) is 9.23 Å². The van der Waals surface area contributed by atoms with E-state index in [4.69, 9.17) is 4.74 Å². The summed E-state index contributed by atoms with van der Waals surface area (Å²) < 4.78 is 5.15. The lowest BCUT2D eigenvalue weighted by molar-refractivity contribution is 0.125. The van der Waals surface area contributed by atoms with Crippen LogP contribution >= 0.6 is 0 Å². The maximum absolute atomic E-state index is 5.15. The Morgan fingerprint density at radius 3 is 1.90 bits per heavy atom. The number of rotatable bonds is 0. The Labute approximate surface area is 64.8 Å². The maximum Gasteiger partial charge on any atom is 0.0547 e. The predicted molar refractivity (Wildman–Crippen MR) is 45.2 cm³/mol. The highest BCUT2D eigenvalue weighted by Crippen LogP contribution is 2.09. The van der Waals surface area contributed by atoms with Gasteiger partial charge in [0.05, 0.1) is 6.10 Å². The summed E-state index contributed by atoms with van der Waals surface area (Å²) in [6.45, 7) is 9.61. The highest BCUT2D eigenvalue weighted by molar-refractivity contribution is 4.56. The fraction of sp³-hybridized carbons (Fsp3) is 1.00. The van der Waals surface area contributed by atoms with Crippen LogP contribution in [0.4, 0.5) is 0 Å². The van der Waals surface area contributed by atoms with Crippen molar-refractivity contribution in [1.29, 1.82) is 0 Å². The molecule has 1 atom stereocenters. The molecule has 0 amide bonds. The van der Waals surface area contributed by atoms with Gasteiger partial charge >= 0.3 is 0 Å². The van der Waals surface area contributed by atoms with Crippen molar-refractivity contribution in [3.05, 3.63) is 0 Å². The molecule has 1 saturated heterocycles. The number of ether oxygens (including phenoxy) is 1. The van der Waals surface area contributed by atoms with E-state index in [2.05, 4.69) is 27.7 Å². The average Bonchev–Trinajstić information content (AvgIpc) is 2.15. The van der Waals surface area contributed by atoms with E-state index in [1.165, 1.54) is 12.8 Å². The van der Waals surface area contributed by atoms with Crippen molar-refractivity contribution in [3.63, 3.8) is 0 Å². The molecule has 1 rings (SSSR count). The van der Waals surface area contributed by atoms with Crippen LogP contribution in [0.2, 0.25) is 0 Å². The van der Waals surface area contributed by atoms with Gasteiger partial charge in [-0.2, -0.15) is 0 Å². The highest BCUT2D eigenvalue weighted by Gasteiger charge is 2.07. The number of hydrogen-bond donors (Lipinski definition) is 0. The quantitative estimate of drug-likeness (QED) is 0.508. The second-order valence-electron chi connectivity index (χ2n) is 3.56. The van der Waals surface area contributed by atoms with Gasteiger partial charge in [-0.05, 0) is 25.7 Å². The summed E-state index contributed by atoms with van der Waals surface area (Å²) in [6, 6.07) is 0. The van der Waals surface area contributed by atoms with Gasteiger partial charge in [0.2, 0.25) is 0 Å². The lowest BCUT2D eigenvalue weighted by atomic mass is 10.3. The minimum Gasteiger partial charge on any atom is -0.379 e. The van der Waals surface area contributed by atoms with Gasteiger partial charge in [-0.25, -0.2) is 0 Å². The van der Waals surface area contributed by atoms with Crippen LogP contribution < -0.4 is 0 Å². The van der Waals surface area contributed by atoms with Crippen LogP contribution in [0.15, 0.2) is 0 Å². The second-order valence-corrected chi connectivity index (χ2v) is 3.56. The van der Waals surface area contributed by atoms with E-state index in [1.807, 2.05) is 0 Å². The van der Waals surface area contributed by atoms with Gasteiger partial charge in [-0.1, -0.05) is 20.8 Å². The standard InChI is InChI=1S/C5H10O.C4H10/c1-5-3-2-4-6-5;1-4(2)3/h5H,2-4H2,1H3;4H,1-3H3. The smallest absolute Gasteiger partial charge is 0.0547 e. The summed E-state index contributed by atoms with van der Waals surface area (Å²) in [6.07, 6.45) is 3.08. The van der Waals surface area contributed by atoms with Crippen molar-refractivity contribution < 1.29 is 4.74 Å². The van der Waals surface area contributed by atoms with E-state index < -0.39 is 0 Å². The van der Waals surface area contributed by atoms with Gasteiger partial charge in [0.25, 0.3) is 0 Å². The molecule has 1 aliphatic heterocycles. The molecule has 0 N–H and O–H groups in total. The molecule has 0 radical (unpaired) electrons. The van der Waals surface area contributed by atoms with Crippen molar-refractivity contribution in [3.8, 4) is 0 Å². The van der Waals surface area contributed by atoms with Crippen LogP contribution in [0.1, 0.15) is 40.5 Å². The van der Waals surface area contributed by atoms with Crippen molar-refractivity contribution in [2.24, 2.45) is 5.92 Å². The zero-order valence-electron chi connectivity index (χ0n) is 7.68. The lowest BCUT2D eigenvalue weighted by Crippen LogP contribution is -1.94. The summed E-state index contributed by atoms with van der Waals surface area (Å²) in [5.74, 6) is 0.833. The van der Waals surface area contributed by atoms with Crippen LogP contribution in [-0.2, 0) is 4.74 Å². The van der Waals surface area contributed by atoms with Crippen molar-refractivity contribution in [1.82, 2.24) is 0 Å². The van der Waals surface area contributed by atoms with Crippen LogP contribution in [0, 0.1) is 5.92 Å². The summed E-state index contributed by atoms with van der Waals surface area (Å²) in [4.78, 5) is 0. The molecule has 0 aliphatic carbocycles. The first-order valence-corrected chi connectivity index (χ1v) is 4.24. The minimum absolute atomic E-state index is 0.546. The molecule has 62 valence electrons. The fourth-order valence-corrected chi connectivity index (χ4v) is 0.739. The molecule has 0 saturated carbocycles. The Bertz CT molecular complexity index is 60.4. The first-order chi connectivity index (χ1) is 4.63. The molecule has 1 heterocycles. The maximum atomic E-state index is 5.15. The van der Waals surface area contributed by atoms with E-state index in [0.29, 0.717) is 6.10 Å². The SMILES string of the molecule is CC(C)C.CC1CCCO1. The van der Waals surface area contributed by atoms with Crippen LogP contribution in [0.5, 0.6) is 0 Å². The molecular formula is C9H20O. The Balaban J connectivity index is 0.000000180. The van der Waals surface area contributed by atoms with E-state index in [0.717, 1.165) is 12.5 Å². The predicted octanol–water partition coefficient (Wildman–Crippen LogP) is 2.85. The Hall–Kier alpha value is -0.0400. The first kappa shape index (κ1) is 9.96. The van der Waals surface area contributed by atoms with E-state index in [-0.39, 0.29) is 0 Å². The Morgan fingerprint density at radius 1 is 1.30 bits per heavy atom. The van der Waals surface area contributed by atoms with Gasteiger partial charge in [0.15, 0.2) is 0 Å². The van der Waals surface area contributed by atoms with Crippen LogP contribution in [0.3, 0.4) is 0 Å². The van der Waals surface area contributed by atoms with Crippen molar-refractivity contribution >= 4 is 0 Å². The molecular weight excluding hydrogens is 124 g/mol. The van der Waals surface area contributed by atoms with E-state index >= 15 is 0 Å². The fourth-order valence-electron chi connectivity index (χ4n) is 0.739. The Kier molecular flexibility index (Phi) is 5.70. The van der Waals surface area contributed by atoms with Gasteiger partial charge in [0.1, 0.15) is 0 Å². The lowest BCUT2D eigenvalue weighted by Gasteiger charge is -1.94. The zero-order chi connectivity index (χ0) is 7.98. The molecule has 1 heteroatoms. The second kappa shape index (κ2) is 5.72. The third kappa shape index (κ3) is 7.96. The molecule has 1 unspecified atom stereocenters. The average molecular weight is 144 g/mol. The monoisotopic (exact) mass is 144 g/mol. The summed E-state index contributed by atoms with van der Waals surface area (Å²) in [7, 11) is 0. The van der Waals surface area contributed by atoms with E-state index in [1.54, 1.807) is 0 Å². The summed E-state index contributed by atoms with van der Waals surface area (Å²) >= 11 is 0. The molecule has 1 nitrogen and oxygen atoms in total. The van der Waals surface area contributed by atoms with Gasteiger partial charge < -0.3 is 4.74 Å². The molecule has 0 aromatic rings. The van der Waals surface area contributed by atoms with Crippen molar-refractivity contribution in [2.75, 3.05) is 6.61 Å². The minimum atomic E-state index is 0.546. The number of hydrogen-bond acceptors (Lipinski definition) is 1. The molecule has 0 aromatic carbocycles. The summed E-state index contributed by atoms with van der Waals surface area (Å²) in [5, 5.41) is 0. The molecule has 0 bridgehead atoms. The van der Waals surface area contributed by atoms with Gasteiger partial charge in [-0.15, -0.1) is 0 Å². The molecule has 1 fully saturated rings. The molecule has 1 aliphatic rings. The van der Waals surface area contributed by atoms with Gasteiger partial charge in [-0.3, -0.25) is 0 Å². The third-order valence-corrected chi connectivity index (χ3v) is 1.16. The molecule has 0 aromatic heterocycles. The molecule has 10 heavy (non-hydrogen) atoms. The first-order valence-electron chi connectivity index (χ1n) is 4.24. The largest absolute Gasteiger partial charge is 0.379 e. The van der Waals surface area contributed by atoms with Crippen molar-refractivity contribution in [2.45, 2.75) is 46.6 Å². The van der Waals surface area contributed by atoms with Crippen LogP contribution in [0.25, 0.3) is 0 Å². The molecule has 0 spiro atoms. The van der Waals surface area contributed by atoms with Gasteiger partial charge in [0, 0.05) is 6.61 Å². The normalized spacial score (nSPS) is 24.3.